The van der Waals surface area contributed by atoms with Crippen LogP contribution in [0.5, 0.6) is 5.75 Å². The van der Waals surface area contributed by atoms with E-state index in [0.29, 0.717) is 35.4 Å². The number of rotatable bonds is 8. The maximum Gasteiger partial charge on any atom is 0.242 e. The Bertz CT molecular complexity index is 524. The normalized spacial score (nSPS) is 11.6. The van der Waals surface area contributed by atoms with Crippen molar-refractivity contribution in [1.82, 2.24) is 10.6 Å². The quantitative estimate of drug-likeness (QED) is 0.711. The van der Waals surface area contributed by atoms with Gasteiger partial charge >= 0.3 is 0 Å². The summed E-state index contributed by atoms with van der Waals surface area (Å²) in [7, 11) is 0. The lowest BCUT2D eigenvalue weighted by molar-refractivity contribution is -0.128. The lowest BCUT2D eigenvalue weighted by atomic mass is 10.2. The molecule has 0 bridgehead atoms. The number of nitrogens with one attached hydrogen (secondary N) is 2. The average molecular weight is 347 g/mol. The summed E-state index contributed by atoms with van der Waals surface area (Å²) in [5.41, 5.74) is 0. The largest absolute Gasteiger partial charge is 0.492 e. The van der Waals surface area contributed by atoms with Crippen LogP contribution in [0.25, 0.3) is 0 Å². The lowest BCUT2D eigenvalue weighted by Crippen LogP contribution is -2.44. The van der Waals surface area contributed by atoms with Crippen LogP contribution in [0.4, 0.5) is 0 Å². The minimum atomic E-state index is -0.543. The van der Waals surface area contributed by atoms with Crippen LogP contribution in [-0.2, 0) is 9.59 Å². The van der Waals surface area contributed by atoms with E-state index in [-0.39, 0.29) is 18.2 Å². The molecule has 1 aromatic carbocycles. The summed E-state index contributed by atoms with van der Waals surface area (Å²) in [5.74, 6) is 0.145. The Morgan fingerprint density at radius 1 is 1.32 bits per heavy atom. The number of hydrogen-bond donors (Lipinski definition) is 2. The zero-order valence-electron chi connectivity index (χ0n) is 12.6. The van der Waals surface area contributed by atoms with Gasteiger partial charge in [0.1, 0.15) is 11.8 Å². The first-order chi connectivity index (χ1) is 10.4. The molecule has 2 N–H and O–H groups in total. The van der Waals surface area contributed by atoms with E-state index in [0.717, 1.165) is 0 Å². The molecule has 0 aliphatic carbocycles. The van der Waals surface area contributed by atoms with Crippen LogP contribution in [0.3, 0.4) is 0 Å². The molecule has 0 spiro atoms. The Kier molecular flexibility index (Phi) is 8.06. The predicted molar refractivity (Wildman–Crippen MR) is 87.5 cm³/mol. The SMILES string of the molecule is CCNC(=O)[C@@H](C)NC(=O)CCCOc1ccc(Cl)cc1Cl. The Balaban J connectivity index is 2.26. The van der Waals surface area contributed by atoms with E-state index in [4.69, 9.17) is 27.9 Å². The number of halogens is 2. The standard InChI is InChI=1S/C15H20Cl2N2O3/c1-3-18-15(21)10(2)19-14(20)5-4-8-22-13-7-6-11(16)9-12(13)17/h6-7,9-10H,3-5,8H2,1-2H3,(H,18,21)(H,19,20)/t10-/m1/s1. The molecule has 5 nitrogen and oxygen atoms in total. The van der Waals surface area contributed by atoms with Gasteiger partial charge in [-0.25, -0.2) is 0 Å². The van der Waals surface area contributed by atoms with Gasteiger partial charge in [0.15, 0.2) is 0 Å². The highest BCUT2D eigenvalue weighted by Crippen LogP contribution is 2.27. The summed E-state index contributed by atoms with van der Waals surface area (Å²) < 4.78 is 5.48. The molecule has 7 heteroatoms. The second kappa shape index (κ2) is 9.54. The Labute approximate surface area is 140 Å². The second-order valence-corrected chi connectivity index (χ2v) is 5.55. The van der Waals surface area contributed by atoms with Gasteiger partial charge in [-0.3, -0.25) is 9.59 Å². The number of likely N-dealkylation sites (N-methyl/N-ethyl adjacent to an activating group) is 1. The molecule has 22 heavy (non-hydrogen) atoms. The third-order valence-electron chi connectivity index (χ3n) is 2.82. The van der Waals surface area contributed by atoms with E-state index in [1.165, 1.54) is 0 Å². The summed E-state index contributed by atoms with van der Waals surface area (Å²) in [6, 6.07) is 4.42. The van der Waals surface area contributed by atoms with Crippen LogP contribution in [0.15, 0.2) is 18.2 Å². The topological polar surface area (TPSA) is 67.4 Å². The van der Waals surface area contributed by atoms with Crippen LogP contribution >= 0.6 is 23.2 Å². The zero-order valence-corrected chi connectivity index (χ0v) is 14.1. The average Bonchev–Trinajstić information content (AvgIpc) is 2.45. The molecular weight excluding hydrogens is 327 g/mol. The first-order valence-corrected chi connectivity index (χ1v) is 7.84. The smallest absolute Gasteiger partial charge is 0.242 e. The fraction of sp³-hybridized carbons (Fsp3) is 0.467. The van der Waals surface area contributed by atoms with Gasteiger partial charge in [-0.1, -0.05) is 23.2 Å². The minimum absolute atomic E-state index is 0.190. The summed E-state index contributed by atoms with van der Waals surface area (Å²) in [5, 5.41) is 6.25. The third-order valence-corrected chi connectivity index (χ3v) is 3.35. The molecule has 0 radical (unpaired) electrons. The maximum atomic E-state index is 11.7. The van der Waals surface area contributed by atoms with Crippen molar-refractivity contribution < 1.29 is 14.3 Å². The molecule has 0 unspecified atom stereocenters. The summed E-state index contributed by atoms with van der Waals surface area (Å²) >= 11 is 11.8. The predicted octanol–water partition coefficient (Wildman–Crippen LogP) is 2.79. The Morgan fingerprint density at radius 3 is 2.68 bits per heavy atom. The van der Waals surface area contributed by atoms with Crippen molar-refractivity contribution in [2.24, 2.45) is 0 Å². The first-order valence-electron chi connectivity index (χ1n) is 7.09. The fourth-order valence-electron chi connectivity index (χ4n) is 1.71. The molecule has 0 aliphatic heterocycles. The van der Waals surface area contributed by atoms with E-state index < -0.39 is 6.04 Å². The highest BCUT2D eigenvalue weighted by Gasteiger charge is 2.14. The molecule has 1 rings (SSSR count). The van der Waals surface area contributed by atoms with Gasteiger partial charge in [0.2, 0.25) is 11.8 Å². The summed E-state index contributed by atoms with van der Waals surface area (Å²) in [6.07, 6.45) is 0.794. The number of amides is 2. The number of hydrogen-bond acceptors (Lipinski definition) is 3. The van der Waals surface area contributed by atoms with E-state index in [2.05, 4.69) is 10.6 Å². The van der Waals surface area contributed by atoms with Gasteiger partial charge in [0, 0.05) is 18.0 Å². The van der Waals surface area contributed by atoms with Crippen LogP contribution in [0, 0.1) is 0 Å². The van der Waals surface area contributed by atoms with Gasteiger partial charge in [-0.15, -0.1) is 0 Å². The molecule has 0 aromatic heterocycles. The van der Waals surface area contributed by atoms with Crippen molar-refractivity contribution >= 4 is 35.0 Å². The van der Waals surface area contributed by atoms with Crippen LogP contribution in [0.2, 0.25) is 10.0 Å². The molecule has 122 valence electrons. The van der Waals surface area contributed by atoms with Gasteiger partial charge < -0.3 is 15.4 Å². The monoisotopic (exact) mass is 346 g/mol. The maximum absolute atomic E-state index is 11.7. The molecular formula is C15H20Cl2N2O3. The van der Waals surface area contributed by atoms with Crippen molar-refractivity contribution in [1.29, 1.82) is 0 Å². The van der Waals surface area contributed by atoms with E-state index in [1.807, 2.05) is 6.92 Å². The Morgan fingerprint density at radius 2 is 2.05 bits per heavy atom. The van der Waals surface area contributed by atoms with Crippen molar-refractivity contribution in [2.75, 3.05) is 13.2 Å². The molecule has 1 aromatic rings. The molecule has 0 saturated carbocycles. The number of benzene rings is 1. The van der Waals surface area contributed by atoms with Crippen LogP contribution in [0.1, 0.15) is 26.7 Å². The van der Waals surface area contributed by atoms with Crippen LogP contribution < -0.4 is 15.4 Å². The number of carbonyl (C=O) groups excluding carboxylic acids is 2. The highest BCUT2D eigenvalue weighted by molar-refractivity contribution is 6.35. The van der Waals surface area contributed by atoms with Gasteiger partial charge in [-0.2, -0.15) is 0 Å². The van der Waals surface area contributed by atoms with E-state index in [1.54, 1.807) is 25.1 Å². The van der Waals surface area contributed by atoms with Gasteiger partial charge in [0.25, 0.3) is 0 Å². The van der Waals surface area contributed by atoms with Gasteiger partial charge in [-0.05, 0) is 38.5 Å². The van der Waals surface area contributed by atoms with Crippen molar-refractivity contribution in [3.8, 4) is 5.75 Å². The zero-order chi connectivity index (χ0) is 16.5. The molecule has 1 atom stereocenters. The second-order valence-electron chi connectivity index (χ2n) is 4.71. The fourth-order valence-corrected chi connectivity index (χ4v) is 2.18. The highest BCUT2D eigenvalue weighted by atomic mass is 35.5. The molecule has 0 saturated heterocycles. The third kappa shape index (κ3) is 6.54. The van der Waals surface area contributed by atoms with Crippen LogP contribution in [-0.4, -0.2) is 31.0 Å². The Hall–Kier alpha value is -1.46. The summed E-state index contributed by atoms with van der Waals surface area (Å²) in [4.78, 5) is 23.2. The first kappa shape index (κ1) is 18.6. The molecule has 0 aliphatic rings. The molecule has 2 amide bonds. The van der Waals surface area contributed by atoms with Crippen molar-refractivity contribution in [3.63, 3.8) is 0 Å². The van der Waals surface area contributed by atoms with Gasteiger partial charge in [0.05, 0.1) is 11.6 Å². The van der Waals surface area contributed by atoms with Crippen molar-refractivity contribution in [2.45, 2.75) is 32.7 Å². The van der Waals surface area contributed by atoms with E-state index in [9.17, 15) is 9.59 Å². The van der Waals surface area contributed by atoms with Crippen molar-refractivity contribution in [3.05, 3.63) is 28.2 Å². The number of carbonyl (C=O) groups is 2. The van der Waals surface area contributed by atoms with E-state index >= 15 is 0 Å². The molecule has 0 fully saturated rings. The summed E-state index contributed by atoms with van der Waals surface area (Å²) in [6.45, 7) is 4.36. The minimum Gasteiger partial charge on any atom is -0.492 e. The lowest BCUT2D eigenvalue weighted by Gasteiger charge is -2.13. The number of ether oxygens (including phenoxy) is 1. The molecule has 0 heterocycles.